The fourth-order valence-corrected chi connectivity index (χ4v) is 1.75. The number of carbonyl (C=O) groups is 1. The number of benzene rings is 1. The molecule has 3 N–H and O–H groups in total. The standard InChI is InChI=1S/C13H14N2O2/c1-8-2-4-10-6-9(3-5-12(10)15-8)7-11(14)13(16)17/h2-6,11H,7,14H2,1H3,(H,16,17)/t11-/m1/s1. The molecule has 0 aliphatic heterocycles. The Hall–Kier alpha value is -1.94. The van der Waals surface area contributed by atoms with Gasteiger partial charge in [-0.25, -0.2) is 0 Å². The number of hydrogen-bond acceptors (Lipinski definition) is 3. The number of nitrogens with zero attached hydrogens (tertiary/aromatic N) is 1. The Morgan fingerprint density at radius 2 is 2.18 bits per heavy atom. The molecule has 0 unspecified atom stereocenters. The second kappa shape index (κ2) is 4.51. The first-order valence-corrected chi connectivity index (χ1v) is 5.41. The van der Waals surface area contributed by atoms with Crippen LogP contribution < -0.4 is 5.73 Å². The fourth-order valence-electron chi connectivity index (χ4n) is 1.75. The van der Waals surface area contributed by atoms with Crippen molar-refractivity contribution in [2.75, 3.05) is 0 Å². The van der Waals surface area contributed by atoms with Crippen LogP contribution in [0.2, 0.25) is 0 Å². The van der Waals surface area contributed by atoms with E-state index in [-0.39, 0.29) is 0 Å². The molecule has 0 aliphatic rings. The number of hydrogen-bond donors (Lipinski definition) is 2. The van der Waals surface area contributed by atoms with Gasteiger partial charge in [-0.15, -0.1) is 0 Å². The molecule has 17 heavy (non-hydrogen) atoms. The van der Waals surface area contributed by atoms with Gasteiger partial charge >= 0.3 is 5.97 Å². The second-order valence-electron chi connectivity index (χ2n) is 4.13. The van der Waals surface area contributed by atoms with E-state index < -0.39 is 12.0 Å². The summed E-state index contributed by atoms with van der Waals surface area (Å²) in [6, 6.07) is 8.76. The van der Waals surface area contributed by atoms with Crippen LogP contribution in [0.3, 0.4) is 0 Å². The van der Waals surface area contributed by atoms with Crippen molar-refractivity contribution >= 4 is 16.9 Å². The second-order valence-corrected chi connectivity index (χ2v) is 4.13. The summed E-state index contributed by atoms with van der Waals surface area (Å²) >= 11 is 0. The number of aromatic nitrogens is 1. The summed E-state index contributed by atoms with van der Waals surface area (Å²) in [5, 5.41) is 9.76. The lowest BCUT2D eigenvalue weighted by atomic mass is 10.0. The van der Waals surface area contributed by atoms with Crippen LogP contribution in [0.5, 0.6) is 0 Å². The van der Waals surface area contributed by atoms with Gasteiger partial charge in [-0.3, -0.25) is 9.78 Å². The molecule has 2 rings (SSSR count). The van der Waals surface area contributed by atoms with Gasteiger partial charge in [0.25, 0.3) is 0 Å². The molecule has 1 aromatic heterocycles. The minimum Gasteiger partial charge on any atom is -0.480 e. The SMILES string of the molecule is Cc1ccc2cc(C[C@@H](N)C(=O)O)ccc2n1. The van der Waals surface area contributed by atoms with Gasteiger partial charge < -0.3 is 10.8 Å². The van der Waals surface area contributed by atoms with Gasteiger partial charge in [-0.2, -0.15) is 0 Å². The summed E-state index contributed by atoms with van der Waals surface area (Å²) in [5.74, 6) is -0.980. The topological polar surface area (TPSA) is 76.2 Å². The van der Waals surface area contributed by atoms with Crippen LogP contribution in [0.1, 0.15) is 11.3 Å². The van der Waals surface area contributed by atoms with E-state index in [0.717, 1.165) is 22.2 Å². The number of carboxylic acid groups (broad SMARTS) is 1. The van der Waals surface area contributed by atoms with Gasteiger partial charge in [0.05, 0.1) is 5.52 Å². The summed E-state index contributed by atoms with van der Waals surface area (Å²) in [6.07, 6.45) is 0.332. The molecule has 0 radical (unpaired) electrons. The van der Waals surface area contributed by atoms with Gasteiger partial charge in [-0.05, 0) is 37.1 Å². The first-order valence-electron chi connectivity index (χ1n) is 5.41. The molecule has 2 aromatic rings. The van der Waals surface area contributed by atoms with Crippen LogP contribution in [0.15, 0.2) is 30.3 Å². The number of pyridine rings is 1. The molecule has 0 fully saturated rings. The Morgan fingerprint density at radius 1 is 1.41 bits per heavy atom. The number of rotatable bonds is 3. The maximum atomic E-state index is 10.7. The van der Waals surface area contributed by atoms with Crippen molar-refractivity contribution in [3.05, 3.63) is 41.6 Å². The Balaban J connectivity index is 2.32. The normalized spacial score (nSPS) is 12.6. The highest BCUT2D eigenvalue weighted by Crippen LogP contribution is 2.15. The van der Waals surface area contributed by atoms with E-state index in [9.17, 15) is 4.79 Å². The molecule has 0 saturated carbocycles. The Labute approximate surface area is 99.1 Å². The van der Waals surface area contributed by atoms with Crippen LogP contribution in [-0.4, -0.2) is 22.1 Å². The average molecular weight is 230 g/mol. The summed E-state index contributed by atoms with van der Waals surface area (Å²) in [7, 11) is 0. The van der Waals surface area contributed by atoms with E-state index in [1.807, 2.05) is 37.3 Å². The average Bonchev–Trinajstić information content (AvgIpc) is 2.29. The van der Waals surface area contributed by atoms with Crippen molar-refractivity contribution in [2.24, 2.45) is 5.73 Å². The monoisotopic (exact) mass is 230 g/mol. The van der Waals surface area contributed by atoms with E-state index >= 15 is 0 Å². The molecule has 0 bridgehead atoms. The predicted molar refractivity (Wildman–Crippen MR) is 65.8 cm³/mol. The Morgan fingerprint density at radius 3 is 2.88 bits per heavy atom. The third-order valence-electron chi connectivity index (χ3n) is 2.67. The molecular weight excluding hydrogens is 216 g/mol. The van der Waals surface area contributed by atoms with Gasteiger partial charge in [0.2, 0.25) is 0 Å². The smallest absolute Gasteiger partial charge is 0.320 e. The van der Waals surface area contributed by atoms with Crippen LogP contribution in [0.25, 0.3) is 10.9 Å². The number of aliphatic carboxylic acids is 1. The number of aryl methyl sites for hydroxylation is 1. The molecular formula is C13H14N2O2. The summed E-state index contributed by atoms with van der Waals surface area (Å²) in [6.45, 7) is 1.94. The molecule has 0 amide bonds. The zero-order chi connectivity index (χ0) is 12.4. The van der Waals surface area contributed by atoms with Gasteiger partial charge in [0, 0.05) is 11.1 Å². The van der Waals surface area contributed by atoms with E-state index in [1.54, 1.807) is 0 Å². The van der Waals surface area contributed by atoms with Crippen LogP contribution in [-0.2, 0) is 11.2 Å². The molecule has 88 valence electrons. The molecule has 0 spiro atoms. The maximum Gasteiger partial charge on any atom is 0.320 e. The van der Waals surface area contributed by atoms with E-state index in [0.29, 0.717) is 6.42 Å². The van der Waals surface area contributed by atoms with Crippen molar-refractivity contribution in [3.8, 4) is 0 Å². The van der Waals surface area contributed by atoms with Crippen LogP contribution >= 0.6 is 0 Å². The first-order chi connectivity index (χ1) is 8.06. The third kappa shape index (κ3) is 2.60. The van der Waals surface area contributed by atoms with Crippen LogP contribution in [0, 0.1) is 6.92 Å². The van der Waals surface area contributed by atoms with E-state index in [1.165, 1.54) is 0 Å². The van der Waals surface area contributed by atoms with Crippen LogP contribution in [0.4, 0.5) is 0 Å². The Kier molecular flexibility index (Phi) is 3.06. The number of nitrogens with two attached hydrogens (primary N) is 1. The van der Waals surface area contributed by atoms with E-state index in [2.05, 4.69) is 4.98 Å². The highest BCUT2D eigenvalue weighted by atomic mass is 16.4. The van der Waals surface area contributed by atoms with Gasteiger partial charge in [0.15, 0.2) is 0 Å². The predicted octanol–water partition coefficient (Wildman–Crippen LogP) is 1.50. The fraction of sp³-hybridized carbons (Fsp3) is 0.231. The lowest BCUT2D eigenvalue weighted by molar-refractivity contribution is -0.138. The summed E-state index contributed by atoms with van der Waals surface area (Å²) in [4.78, 5) is 15.1. The maximum absolute atomic E-state index is 10.7. The first kappa shape index (κ1) is 11.5. The quantitative estimate of drug-likeness (QED) is 0.837. The van der Waals surface area contributed by atoms with Gasteiger partial charge in [-0.1, -0.05) is 12.1 Å². The number of carboxylic acids is 1. The molecule has 1 atom stereocenters. The molecule has 4 nitrogen and oxygen atoms in total. The van der Waals surface area contributed by atoms with Crippen molar-refractivity contribution in [1.82, 2.24) is 4.98 Å². The highest BCUT2D eigenvalue weighted by molar-refractivity contribution is 5.80. The molecule has 0 aliphatic carbocycles. The molecule has 0 saturated heterocycles. The third-order valence-corrected chi connectivity index (χ3v) is 2.67. The van der Waals surface area contributed by atoms with Crippen molar-refractivity contribution in [2.45, 2.75) is 19.4 Å². The minimum atomic E-state index is -0.980. The zero-order valence-corrected chi connectivity index (χ0v) is 9.55. The molecule has 4 heteroatoms. The minimum absolute atomic E-state index is 0.332. The van der Waals surface area contributed by atoms with E-state index in [4.69, 9.17) is 10.8 Å². The Bertz CT molecular complexity index is 566. The summed E-state index contributed by atoms with van der Waals surface area (Å²) in [5.41, 5.74) is 8.30. The zero-order valence-electron chi connectivity index (χ0n) is 9.55. The molecule has 1 aromatic carbocycles. The van der Waals surface area contributed by atoms with Gasteiger partial charge in [0.1, 0.15) is 6.04 Å². The lowest BCUT2D eigenvalue weighted by Crippen LogP contribution is -2.32. The van der Waals surface area contributed by atoms with Crippen molar-refractivity contribution in [3.63, 3.8) is 0 Å². The van der Waals surface area contributed by atoms with Crippen molar-refractivity contribution < 1.29 is 9.90 Å². The largest absolute Gasteiger partial charge is 0.480 e. The lowest BCUT2D eigenvalue weighted by Gasteiger charge is -2.07. The summed E-state index contributed by atoms with van der Waals surface area (Å²) < 4.78 is 0. The highest BCUT2D eigenvalue weighted by Gasteiger charge is 2.12. The molecule has 1 heterocycles. The number of fused-ring (bicyclic) bond motifs is 1. The van der Waals surface area contributed by atoms with Crippen molar-refractivity contribution in [1.29, 1.82) is 0 Å².